The van der Waals surface area contributed by atoms with Crippen LogP contribution < -0.4 is 10.2 Å². The molecular formula is C9H13IN4. The molecule has 0 unspecified atom stereocenters. The highest BCUT2D eigenvalue weighted by atomic mass is 127. The molecule has 0 aliphatic carbocycles. The number of rotatable bonds is 1. The van der Waals surface area contributed by atoms with Crippen LogP contribution in [0.2, 0.25) is 0 Å². The van der Waals surface area contributed by atoms with Crippen molar-refractivity contribution in [1.82, 2.24) is 15.3 Å². The molecule has 0 amide bonds. The van der Waals surface area contributed by atoms with E-state index >= 15 is 0 Å². The first-order chi connectivity index (χ1) is 6.75. The van der Waals surface area contributed by atoms with Crippen LogP contribution >= 0.6 is 22.6 Å². The van der Waals surface area contributed by atoms with Gasteiger partial charge in [-0.2, -0.15) is 0 Å². The second kappa shape index (κ2) is 4.39. The van der Waals surface area contributed by atoms with Crippen molar-refractivity contribution >= 4 is 28.5 Å². The summed E-state index contributed by atoms with van der Waals surface area (Å²) in [6, 6.07) is 0.520. The Bertz CT molecular complexity index is 300. The quantitative estimate of drug-likeness (QED) is 0.782. The van der Waals surface area contributed by atoms with E-state index in [0.29, 0.717) is 6.04 Å². The number of anilines is 1. The van der Waals surface area contributed by atoms with Crippen LogP contribution in [-0.4, -0.2) is 35.6 Å². The van der Waals surface area contributed by atoms with Gasteiger partial charge in [-0.1, -0.05) is 0 Å². The second-order valence-electron chi connectivity index (χ2n) is 3.50. The highest BCUT2D eigenvalue weighted by Gasteiger charge is 2.17. The van der Waals surface area contributed by atoms with Crippen molar-refractivity contribution < 1.29 is 0 Å². The van der Waals surface area contributed by atoms with Crippen LogP contribution in [0.15, 0.2) is 12.4 Å². The molecule has 2 rings (SSSR count). The number of halogens is 1. The van der Waals surface area contributed by atoms with Crippen LogP contribution in [-0.2, 0) is 0 Å². The predicted octanol–water partition coefficient (Wildman–Crippen LogP) is 0.879. The normalized spacial score (nSPS) is 22.4. The van der Waals surface area contributed by atoms with E-state index in [9.17, 15) is 0 Å². The molecule has 5 heteroatoms. The van der Waals surface area contributed by atoms with Crippen molar-refractivity contribution in [1.29, 1.82) is 0 Å². The van der Waals surface area contributed by atoms with Gasteiger partial charge in [0, 0.05) is 41.6 Å². The van der Waals surface area contributed by atoms with Gasteiger partial charge in [-0.05, 0) is 29.5 Å². The fourth-order valence-corrected chi connectivity index (χ4v) is 1.86. The van der Waals surface area contributed by atoms with Crippen LogP contribution in [0.3, 0.4) is 0 Å². The molecule has 1 atom stereocenters. The second-order valence-corrected chi connectivity index (χ2v) is 4.75. The topological polar surface area (TPSA) is 41.1 Å². The zero-order chi connectivity index (χ0) is 9.97. The number of nitrogens with one attached hydrogen (secondary N) is 1. The van der Waals surface area contributed by atoms with Gasteiger partial charge in [0.2, 0.25) is 5.95 Å². The summed E-state index contributed by atoms with van der Waals surface area (Å²) in [5.74, 6) is 0.846. The van der Waals surface area contributed by atoms with Crippen molar-refractivity contribution in [3.63, 3.8) is 0 Å². The Morgan fingerprint density at radius 2 is 2.21 bits per heavy atom. The summed E-state index contributed by atoms with van der Waals surface area (Å²) in [4.78, 5) is 10.9. The molecule has 4 nitrogen and oxygen atoms in total. The maximum Gasteiger partial charge on any atom is 0.225 e. The molecule has 0 radical (unpaired) electrons. The van der Waals surface area contributed by atoms with Crippen LogP contribution in [0.25, 0.3) is 0 Å². The van der Waals surface area contributed by atoms with Crippen LogP contribution in [0.1, 0.15) is 6.92 Å². The molecule has 1 saturated heterocycles. The number of piperazine rings is 1. The van der Waals surface area contributed by atoms with E-state index in [2.05, 4.69) is 49.7 Å². The summed E-state index contributed by atoms with van der Waals surface area (Å²) in [7, 11) is 0. The summed E-state index contributed by atoms with van der Waals surface area (Å²) in [6.45, 7) is 5.17. The fourth-order valence-electron chi connectivity index (χ4n) is 1.58. The molecule has 76 valence electrons. The largest absolute Gasteiger partial charge is 0.338 e. The summed E-state index contributed by atoms with van der Waals surface area (Å²) in [6.07, 6.45) is 3.71. The highest BCUT2D eigenvalue weighted by Crippen LogP contribution is 2.10. The molecule has 0 spiro atoms. The summed E-state index contributed by atoms with van der Waals surface area (Å²) >= 11 is 2.22. The van der Waals surface area contributed by atoms with Gasteiger partial charge in [-0.3, -0.25) is 0 Å². The number of nitrogens with zero attached hydrogens (tertiary/aromatic N) is 3. The first-order valence-corrected chi connectivity index (χ1v) is 5.79. The van der Waals surface area contributed by atoms with Gasteiger partial charge in [0.1, 0.15) is 0 Å². The number of aromatic nitrogens is 2. The minimum Gasteiger partial charge on any atom is -0.338 e. The Balaban J connectivity index is 2.10. The van der Waals surface area contributed by atoms with E-state index in [1.807, 2.05) is 12.4 Å². The Morgan fingerprint density at radius 1 is 1.50 bits per heavy atom. The minimum atomic E-state index is 0.520. The summed E-state index contributed by atoms with van der Waals surface area (Å²) < 4.78 is 1.08. The Kier molecular flexibility index (Phi) is 3.17. The molecular weight excluding hydrogens is 291 g/mol. The Morgan fingerprint density at radius 3 is 2.86 bits per heavy atom. The zero-order valence-electron chi connectivity index (χ0n) is 8.07. The van der Waals surface area contributed by atoms with E-state index in [-0.39, 0.29) is 0 Å². The lowest BCUT2D eigenvalue weighted by atomic mass is 10.2. The lowest BCUT2D eigenvalue weighted by Crippen LogP contribution is -2.49. The maximum atomic E-state index is 4.32. The van der Waals surface area contributed by atoms with Crippen LogP contribution in [0.4, 0.5) is 5.95 Å². The van der Waals surface area contributed by atoms with Gasteiger partial charge in [-0.25, -0.2) is 9.97 Å². The van der Waals surface area contributed by atoms with Crippen molar-refractivity contribution in [3.05, 3.63) is 16.0 Å². The fraction of sp³-hybridized carbons (Fsp3) is 0.556. The molecule has 1 aliphatic rings. The number of hydrogen-bond donors (Lipinski definition) is 1. The van der Waals surface area contributed by atoms with E-state index in [1.165, 1.54) is 0 Å². The van der Waals surface area contributed by atoms with Crippen LogP contribution in [0.5, 0.6) is 0 Å². The highest BCUT2D eigenvalue weighted by molar-refractivity contribution is 14.1. The van der Waals surface area contributed by atoms with E-state index < -0.39 is 0 Å². The van der Waals surface area contributed by atoms with Crippen molar-refractivity contribution in [2.75, 3.05) is 24.5 Å². The van der Waals surface area contributed by atoms with Gasteiger partial charge < -0.3 is 10.2 Å². The van der Waals surface area contributed by atoms with Gasteiger partial charge in [-0.15, -0.1) is 0 Å². The number of hydrogen-bond acceptors (Lipinski definition) is 4. The summed E-state index contributed by atoms with van der Waals surface area (Å²) in [5.41, 5.74) is 0. The Hall–Kier alpha value is -0.430. The molecule has 0 saturated carbocycles. The van der Waals surface area contributed by atoms with E-state index in [4.69, 9.17) is 0 Å². The summed E-state index contributed by atoms with van der Waals surface area (Å²) in [5, 5.41) is 3.39. The van der Waals surface area contributed by atoms with E-state index in [1.54, 1.807) is 0 Å². The van der Waals surface area contributed by atoms with Gasteiger partial charge in [0.15, 0.2) is 0 Å². The van der Waals surface area contributed by atoms with Crippen LogP contribution in [0, 0.1) is 3.57 Å². The molecule has 0 bridgehead atoms. The first-order valence-electron chi connectivity index (χ1n) is 4.71. The minimum absolute atomic E-state index is 0.520. The smallest absolute Gasteiger partial charge is 0.225 e. The third kappa shape index (κ3) is 2.33. The maximum absolute atomic E-state index is 4.32. The SMILES string of the molecule is C[C@@H]1CN(c2ncc(I)cn2)CCN1. The third-order valence-electron chi connectivity index (χ3n) is 2.26. The standard InChI is InChI=1S/C9H13IN4/c1-7-6-14(3-2-11-7)9-12-4-8(10)5-13-9/h4-5,7,11H,2-3,6H2,1H3/t7-/m1/s1. The molecule has 1 aromatic heterocycles. The van der Waals surface area contributed by atoms with Crippen molar-refractivity contribution in [2.24, 2.45) is 0 Å². The van der Waals surface area contributed by atoms with Gasteiger partial charge in [0.25, 0.3) is 0 Å². The van der Waals surface area contributed by atoms with Crippen molar-refractivity contribution in [3.8, 4) is 0 Å². The van der Waals surface area contributed by atoms with Gasteiger partial charge >= 0.3 is 0 Å². The average Bonchev–Trinajstić information content (AvgIpc) is 2.19. The lowest BCUT2D eigenvalue weighted by Gasteiger charge is -2.31. The predicted molar refractivity (Wildman–Crippen MR) is 64.4 cm³/mol. The monoisotopic (exact) mass is 304 g/mol. The Labute approximate surface area is 97.3 Å². The molecule has 1 fully saturated rings. The van der Waals surface area contributed by atoms with E-state index in [0.717, 1.165) is 29.2 Å². The lowest BCUT2D eigenvalue weighted by molar-refractivity contribution is 0.479. The third-order valence-corrected chi connectivity index (χ3v) is 2.82. The first kappa shape index (κ1) is 10.1. The van der Waals surface area contributed by atoms with Gasteiger partial charge in [0.05, 0.1) is 0 Å². The average molecular weight is 304 g/mol. The molecule has 14 heavy (non-hydrogen) atoms. The molecule has 1 aliphatic heterocycles. The molecule has 0 aromatic carbocycles. The molecule has 1 N–H and O–H groups in total. The molecule has 1 aromatic rings. The zero-order valence-corrected chi connectivity index (χ0v) is 10.2. The van der Waals surface area contributed by atoms with Crippen molar-refractivity contribution in [2.45, 2.75) is 13.0 Å². The molecule has 2 heterocycles.